The number of hydrogen-bond donors (Lipinski definition) is 1. The Morgan fingerprint density at radius 3 is 2.56 bits per heavy atom. The van der Waals surface area contributed by atoms with Crippen LogP contribution in [0.4, 0.5) is 10.1 Å². The highest BCUT2D eigenvalue weighted by Gasteiger charge is 2.03. The van der Waals surface area contributed by atoms with Gasteiger partial charge in [-0.05, 0) is 35.7 Å². The van der Waals surface area contributed by atoms with Gasteiger partial charge in [0.15, 0.2) is 0 Å². The Morgan fingerprint density at radius 2 is 1.83 bits per heavy atom. The van der Waals surface area contributed by atoms with Gasteiger partial charge in [0.1, 0.15) is 5.82 Å². The van der Waals surface area contributed by atoms with Gasteiger partial charge in [-0.15, -0.1) is 0 Å². The van der Waals surface area contributed by atoms with Gasteiger partial charge in [-0.2, -0.15) is 0 Å². The molecule has 0 saturated carbocycles. The second-order valence-corrected chi connectivity index (χ2v) is 4.51. The molecule has 0 unspecified atom stereocenters. The van der Waals surface area contributed by atoms with Crippen molar-refractivity contribution in [2.45, 2.75) is 19.9 Å². The van der Waals surface area contributed by atoms with E-state index in [2.05, 4.69) is 24.4 Å². The van der Waals surface area contributed by atoms with Crippen molar-refractivity contribution in [2.24, 2.45) is 0 Å². The summed E-state index contributed by atoms with van der Waals surface area (Å²) < 4.78 is 13.1. The van der Waals surface area contributed by atoms with Crippen LogP contribution >= 0.6 is 11.6 Å². The standard InChI is InChI=1S/C15H15ClFN/c1-2-11-5-3-4-6-12(11)10-18-15-9-13(17)7-8-14(15)16/h3-9,18H,2,10H2,1H3. The maximum Gasteiger partial charge on any atom is 0.125 e. The summed E-state index contributed by atoms with van der Waals surface area (Å²) in [6, 6.07) is 12.5. The first-order chi connectivity index (χ1) is 8.70. The van der Waals surface area contributed by atoms with Gasteiger partial charge in [0.2, 0.25) is 0 Å². The SMILES string of the molecule is CCc1ccccc1CNc1cc(F)ccc1Cl. The summed E-state index contributed by atoms with van der Waals surface area (Å²) in [7, 11) is 0. The van der Waals surface area contributed by atoms with Crippen LogP contribution in [0.15, 0.2) is 42.5 Å². The van der Waals surface area contributed by atoms with E-state index >= 15 is 0 Å². The zero-order valence-corrected chi connectivity index (χ0v) is 11.0. The van der Waals surface area contributed by atoms with Crippen LogP contribution in [-0.2, 0) is 13.0 Å². The quantitative estimate of drug-likeness (QED) is 0.846. The minimum absolute atomic E-state index is 0.286. The molecule has 3 heteroatoms. The van der Waals surface area contributed by atoms with Crippen LogP contribution in [0.5, 0.6) is 0 Å². The zero-order chi connectivity index (χ0) is 13.0. The fraction of sp³-hybridized carbons (Fsp3) is 0.200. The third-order valence-electron chi connectivity index (χ3n) is 2.90. The van der Waals surface area contributed by atoms with Crippen molar-refractivity contribution < 1.29 is 4.39 Å². The van der Waals surface area contributed by atoms with Gasteiger partial charge in [0.05, 0.1) is 10.7 Å². The number of halogens is 2. The molecule has 2 rings (SSSR count). The lowest BCUT2D eigenvalue weighted by molar-refractivity contribution is 0.628. The van der Waals surface area contributed by atoms with Crippen LogP contribution in [0.25, 0.3) is 0 Å². The predicted molar refractivity (Wildman–Crippen MR) is 74.6 cm³/mol. The molecule has 0 bridgehead atoms. The number of anilines is 1. The molecule has 18 heavy (non-hydrogen) atoms. The van der Waals surface area contributed by atoms with Crippen molar-refractivity contribution >= 4 is 17.3 Å². The molecule has 94 valence electrons. The second kappa shape index (κ2) is 5.87. The summed E-state index contributed by atoms with van der Waals surface area (Å²) in [4.78, 5) is 0. The van der Waals surface area contributed by atoms with Gasteiger partial charge >= 0.3 is 0 Å². The molecule has 2 aromatic carbocycles. The molecule has 0 spiro atoms. The molecular formula is C15H15ClFN. The van der Waals surface area contributed by atoms with E-state index < -0.39 is 0 Å². The summed E-state index contributed by atoms with van der Waals surface area (Å²) in [6.45, 7) is 2.77. The molecule has 0 saturated heterocycles. The molecule has 1 N–H and O–H groups in total. The highest BCUT2D eigenvalue weighted by atomic mass is 35.5. The lowest BCUT2D eigenvalue weighted by atomic mass is 10.1. The minimum atomic E-state index is -0.286. The summed E-state index contributed by atoms with van der Waals surface area (Å²) >= 11 is 6.01. The second-order valence-electron chi connectivity index (χ2n) is 4.10. The van der Waals surface area contributed by atoms with E-state index in [4.69, 9.17) is 11.6 Å². The molecule has 0 atom stereocenters. The number of aryl methyl sites for hydroxylation is 1. The third-order valence-corrected chi connectivity index (χ3v) is 3.23. The van der Waals surface area contributed by atoms with Crippen molar-refractivity contribution in [2.75, 3.05) is 5.32 Å². The minimum Gasteiger partial charge on any atom is -0.380 e. The molecule has 0 aliphatic carbocycles. The summed E-state index contributed by atoms with van der Waals surface area (Å²) in [5, 5.41) is 3.71. The average Bonchev–Trinajstić information content (AvgIpc) is 2.40. The lowest BCUT2D eigenvalue weighted by Crippen LogP contribution is -2.03. The van der Waals surface area contributed by atoms with Crippen molar-refractivity contribution in [1.82, 2.24) is 0 Å². The van der Waals surface area contributed by atoms with Crippen molar-refractivity contribution in [3.8, 4) is 0 Å². The molecule has 0 aliphatic heterocycles. The van der Waals surface area contributed by atoms with E-state index in [0.29, 0.717) is 17.3 Å². The normalized spacial score (nSPS) is 10.4. The lowest BCUT2D eigenvalue weighted by Gasteiger charge is -2.11. The van der Waals surface area contributed by atoms with Crippen LogP contribution in [0.3, 0.4) is 0 Å². The molecule has 0 aromatic heterocycles. The van der Waals surface area contributed by atoms with Gasteiger partial charge in [0.25, 0.3) is 0 Å². The average molecular weight is 264 g/mol. The van der Waals surface area contributed by atoms with Crippen LogP contribution < -0.4 is 5.32 Å². The molecule has 0 aliphatic rings. The molecule has 0 heterocycles. The van der Waals surface area contributed by atoms with Crippen molar-refractivity contribution in [1.29, 1.82) is 0 Å². The number of benzene rings is 2. The highest BCUT2D eigenvalue weighted by Crippen LogP contribution is 2.23. The fourth-order valence-corrected chi connectivity index (χ4v) is 2.08. The molecule has 1 nitrogen and oxygen atoms in total. The van der Waals surface area contributed by atoms with Gasteiger partial charge in [0, 0.05) is 6.54 Å². The Kier molecular flexibility index (Phi) is 4.21. The molecule has 0 fully saturated rings. The van der Waals surface area contributed by atoms with Gasteiger partial charge < -0.3 is 5.32 Å². The maximum atomic E-state index is 13.1. The summed E-state index contributed by atoms with van der Waals surface area (Å²) in [5.41, 5.74) is 3.13. The molecule has 0 amide bonds. The number of rotatable bonds is 4. The fourth-order valence-electron chi connectivity index (χ4n) is 1.90. The number of nitrogens with one attached hydrogen (secondary N) is 1. The largest absolute Gasteiger partial charge is 0.380 e. The van der Waals surface area contributed by atoms with Crippen LogP contribution in [-0.4, -0.2) is 0 Å². The topological polar surface area (TPSA) is 12.0 Å². The van der Waals surface area contributed by atoms with Gasteiger partial charge in [-0.25, -0.2) is 4.39 Å². The van der Waals surface area contributed by atoms with E-state index in [-0.39, 0.29) is 5.82 Å². The van der Waals surface area contributed by atoms with Crippen molar-refractivity contribution in [3.05, 3.63) is 64.4 Å². The first-order valence-electron chi connectivity index (χ1n) is 5.96. The Bertz CT molecular complexity index is 540. The first kappa shape index (κ1) is 12.9. The van der Waals surface area contributed by atoms with Gasteiger partial charge in [-0.1, -0.05) is 42.8 Å². The smallest absolute Gasteiger partial charge is 0.125 e. The van der Waals surface area contributed by atoms with E-state index in [9.17, 15) is 4.39 Å². The molecule has 2 aromatic rings. The monoisotopic (exact) mass is 263 g/mol. The van der Waals surface area contributed by atoms with Crippen LogP contribution in [0, 0.1) is 5.82 Å². The zero-order valence-electron chi connectivity index (χ0n) is 10.2. The Morgan fingerprint density at radius 1 is 1.11 bits per heavy atom. The highest BCUT2D eigenvalue weighted by molar-refractivity contribution is 6.33. The van der Waals surface area contributed by atoms with E-state index in [1.54, 1.807) is 6.07 Å². The van der Waals surface area contributed by atoms with Crippen LogP contribution in [0.2, 0.25) is 5.02 Å². The summed E-state index contributed by atoms with van der Waals surface area (Å²) in [6.07, 6.45) is 0.981. The van der Waals surface area contributed by atoms with Crippen molar-refractivity contribution in [3.63, 3.8) is 0 Å². The maximum absolute atomic E-state index is 13.1. The predicted octanol–water partition coefficient (Wildman–Crippen LogP) is 4.65. The summed E-state index contributed by atoms with van der Waals surface area (Å²) in [5.74, 6) is -0.286. The third kappa shape index (κ3) is 3.02. The Labute approximate surface area is 112 Å². The number of hydrogen-bond acceptors (Lipinski definition) is 1. The van der Waals surface area contributed by atoms with Crippen LogP contribution in [0.1, 0.15) is 18.1 Å². The van der Waals surface area contributed by atoms with E-state index in [0.717, 1.165) is 6.42 Å². The first-order valence-corrected chi connectivity index (χ1v) is 6.34. The van der Waals surface area contributed by atoms with E-state index in [1.165, 1.54) is 23.3 Å². The Hall–Kier alpha value is -1.54. The van der Waals surface area contributed by atoms with E-state index in [1.807, 2.05) is 12.1 Å². The van der Waals surface area contributed by atoms with Gasteiger partial charge in [-0.3, -0.25) is 0 Å². The molecular weight excluding hydrogens is 249 g/mol. The Balaban J connectivity index is 2.14. The molecule has 0 radical (unpaired) electrons.